The summed E-state index contributed by atoms with van der Waals surface area (Å²) in [6, 6.07) is 0. The van der Waals surface area contributed by atoms with Crippen molar-refractivity contribution >= 4 is 23.1 Å². The second-order valence-corrected chi connectivity index (χ2v) is 0. The molecule has 0 rings (SSSR count). The predicted octanol–water partition coefficient (Wildman–Crippen LogP) is -0.168. The summed E-state index contributed by atoms with van der Waals surface area (Å²) in [5.41, 5.74) is 0. The summed E-state index contributed by atoms with van der Waals surface area (Å²) in [6.07, 6.45) is 0. The molecule has 0 fully saturated rings. The molecule has 0 atom stereocenters. The minimum Gasteiger partial charge on any atom is -1.00 e. The predicted molar refractivity (Wildman–Crippen MR) is 7.98 cm³/mol. The Balaban J connectivity index is 0. The van der Waals surface area contributed by atoms with Gasteiger partial charge in [0.25, 0.3) is 0 Å². The first-order valence-corrected chi connectivity index (χ1v) is 0. The van der Waals surface area contributed by atoms with Crippen LogP contribution in [-0.2, 0) is 86.9 Å². The SMILES string of the molecule is [Co].[Cu].[H-].[H-].[Mg+2].[Mn].[Ni].[Zn]. The molecule has 6 heteroatoms. The van der Waals surface area contributed by atoms with Gasteiger partial charge in [-0.15, -0.1) is 0 Å². The average molecular weight is 328 g/mol. The standard InChI is InChI=1S/Co.Cu.Mg.Mn.Ni.Zn.2H/q;;+2;;;;2*-1. The zero-order valence-electron chi connectivity index (χ0n) is 4.74. The molecule has 0 unspecified atom stereocenters. The Bertz CT molecular complexity index is 22.0. The first-order chi connectivity index (χ1) is 0. The van der Waals surface area contributed by atoms with Crippen LogP contribution in [0.3, 0.4) is 0 Å². The van der Waals surface area contributed by atoms with E-state index in [0.717, 1.165) is 0 Å². The van der Waals surface area contributed by atoms with E-state index in [1.165, 1.54) is 0 Å². The molecule has 43 valence electrons. The Morgan fingerprint density at radius 1 is 1.17 bits per heavy atom. The van der Waals surface area contributed by atoms with Gasteiger partial charge >= 0.3 is 23.1 Å². The topological polar surface area (TPSA) is 0 Å². The maximum Gasteiger partial charge on any atom is 2.00 e. The Kier molecular flexibility index (Phi) is 376. The summed E-state index contributed by atoms with van der Waals surface area (Å²) < 4.78 is 0. The van der Waals surface area contributed by atoms with E-state index in [2.05, 4.69) is 0 Å². The molecule has 0 aromatic carbocycles. The Labute approximate surface area is 111 Å². The van der Waals surface area contributed by atoms with Crippen molar-refractivity contribution in [3.05, 3.63) is 0 Å². The van der Waals surface area contributed by atoms with Crippen LogP contribution in [0.2, 0.25) is 0 Å². The van der Waals surface area contributed by atoms with Gasteiger partial charge in [-0.2, -0.15) is 0 Å². The molecule has 0 aromatic rings. The van der Waals surface area contributed by atoms with Gasteiger partial charge in [0.1, 0.15) is 0 Å². The van der Waals surface area contributed by atoms with E-state index in [1.54, 1.807) is 0 Å². The van der Waals surface area contributed by atoms with E-state index in [1.807, 2.05) is 0 Å². The quantitative estimate of drug-likeness (QED) is 0.542. The van der Waals surface area contributed by atoms with Crippen LogP contribution in [0.5, 0.6) is 0 Å². The third-order valence-corrected chi connectivity index (χ3v) is 0. The fourth-order valence-electron chi connectivity index (χ4n) is 0. The molecule has 0 aliphatic heterocycles. The molecular formula is H2CoCuMgMnNiZn. The van der Waals surface area contributed by atoms with Gasteiger partial charge in [0.05, 0.1) is 0 Å². The molecular weight excluding hydrogens is 326 g/mol. The first-order valence-electron chi connectivity index (χ1n) is 0. The number of hydrogen-bond acceptors (Lipinski definition) is 0. The van der Waals surface area contributed by atoms with E-state index < -0.39 is 0 Å². The zero-order chi connectivity index (χ0) is 0. The van der Waals surface area contributed by atoms with Crippen LogP contribution in [0.4, 0.5) is 0 Å². The molecule has 0 spiro atoms. The van der Waals surface area contributed by atoms with Crippen molar-refractivity contribution < 1.29 is 89.7 Å². The van der Waals surface area contributed by atoms with Crippen LogP contribution in [-0.4, -0.2) is 23.1 Å². The Hall–Kier alpha value is 3.43. The summed E-state index contributed by atoms with van der Waals surface area (Å²) in [4.78, 5) is 0. The van der Waals surface area contributed by atoms with Gasteiger partial charge in [-0.05, 0) is 0 Å². The molecule has 0 amide bonds. The monoisotopic (exact) mass is 325 g/mol. The van der Waals surface area contributed by atoms with Crippen molar-refractivity contribution in [2.75, 3.05) is 0 Å². The van der Waals surface area contributed by atoms with Crippen LogP contribution in [0.25, 0.3) is 0 Å². The molecule has 0 nitrogen and oxygen atoms in total. The van der Waals surface area contributed by atoms with Crippen molar-refractivity contribution in [1.29, 1.82) is 0 Å². The largest absolute Gasteiger partial charge is 2.00 e. The molecule has 0 saturated carbocycles. The van der Waals surface area contributed by atoms with Crippen LogP contribution < -0.4 is 0 Å². The normalized spacial score (nSPS) is 0. The molecule has 0 bridgehead atoms. The summed E-state index contributed by atoms with van der Waals surface area (Å²) in [5.74, 6) is 0. The summed E-state index contributed by atoms with van der Waals surface area (Å²) in [6.45, 7) is 0. The molecule has 0 aliphatic carbocycles. The minimum absolute atomic E-state index is 0. The minimum atomic E-state index is 0. The smallest absolute Gasteiger partial charge is 1.00 e. The van der Waals surface area contributed by atoms with Crippen molar-refractivity contribution in [3.63, 3.8) is 0 Å². The number of rotatable bonds is 0. The van der Waals surface area contributed by atoms with Crippen molar-refractivity contribution in [1.82, 2.24) is 0 Å². The fourth-order valence-corrected chi connectivity index (χ4v) is 0. The maximum absolute atomic E-state index is 0. The third kappa shape index (κ3) is 26.1. The van der Waals surface area contributed by atoms with Gasteiger partial charge in [0.2, 0.25) is 0 Å². The van der Waals surface area contributed by atoms with Crippen LogP contribution in [0, 0.1) is 0 Å². The van der Waals surface area contributed by atoms with E-state index in [4.69, 9.17) is 0 Å². The van der Waals surface area contributed by atoms with Gasteiger partial charge in [-0.3, -0.25) is 0 Å². The summed E-state index contributed by atoms with van der Waals surface area (Å²) in [7, 11) is 0. The Morgan fingerprint density at radius 2 is 1.17 bits per heavy atom. The van der Waals surface area contributed by atoms with Crippen molar-refractivity contribution in [3.8, 4) is 0 Å². The molecule has 0 aliphatic rings. The van der Waals surface area contributed by atoms with Crippen molar-refractivity contribution in [2.24, 2.45) is 0 Å². The zero-order valence-corrected chi connectivity index (χ0v) is 11.3. The second-order valence-electron chi connectivity index (χ2n) is 0. The molecule has 0 N–H and O–H groups in total. The van der Waals surface area contributed by atoms with Crippen LogP contribution in [0.1, 0.15) is 2.85 Å². The van der Waals surface area contributed by atoms with E-state index in [9.17, 15) is 0 Å². The molecule has 0 aromatic heterocycles. The number of hydrogen-bond donors (Lipinski definition) is 0. The third-order valence-electron chi connectivity index (χ3n) is 0. The van der Waals surface area contributed by atoms with Gasteiger partial charge in [0.15, 0.2) is 0 Å². The van der Waals surface area contributed by atoms with Crippen LogP contribution in [0.15, 0.2) is 0 Å². The van der Waals surface area contributed by atoms with Crippen LogP contribution >= 0.6 is 0 Å². The van der Waals surface area contributed by atoms with E-state index >= 15 is 0 Å². The van der Waals surface area contributed by atoms with Gasteiger partial charge in [0, 0.05) is 86.9 Å². The molecule has 0 heterocycles. The molecule has 3 radical (unpaired) electrons. The molecule has 0 saturated heterocycles. The second kappa shape index (κ2) is 39.6. The fraction of sp³-hybridized carbons (Fsp3) is 0. The summed E-state index contributed by atoms with van der Waals surface area (Å²) >= 11 is 0. The van der Waals surface area contributed by atoms with Crippen molar-refractivity contribution in [2.45, 2.75) is 0 Å². The Morgan fingerprint density at radius 3 is 1.17 bits per heavy atom. The van der Waals surface area contributed by atoms with E-state index in [-0.39, 0.29) is 113 Å². The molecule has 6 heavy (non-hydrogen) atoms. The first kappa shape index (κ1) is 57.0. The van der Waals surface area contributed by atoms with Gasteiger partial charge in [-0.25, -0.2) is 0 Å². The van der Waals surface area contributed by atoms with E-state index in [0.29, 0.717) is 0 Å². The maximum atomic E-state index is 0. The van der Waals surface area contributed by atoms with Gasteiger partial charge < -0.3 is 2.85 Å². The van der Waals surface area contributed by atoms with Gasteiger partial charge in [-0.1, -0.05) is 0 Å². The summed E-state index contributed by atoms with van der Waals surface area (Å²) in [5, 5.41) is 0. The average Bonchev–Trinajstić information content (AvgIpc) is 0.